The first-order chi connectivity index (χ1) is 8.74. The molecular formula is C15H18BrNO. The van der Waals surface area contributed by atoms with Crippen molar-refractivity contribution in [2.24, 2.45) is 0 Å². The summed E-state index contributed by atoms with van der Waals surface area (Å²) in [6.07, 6.45) is 7.51. The monoisotopic (exact) mass is 307 g/mol. The van der Waals surface area contributed by atoms with E-state index in [1.165, 1.54) is 18.4 Å². The van der Waals surface area contributed by atoms with Gasteiger partial charge in [0, 0.05) is 17.4 Å². The summed E-state index contributed by atoms with van der Waals surface area (Å²) in [5.74, 6) is 0.131. The molecule has 1 aromatic rings. The van der Waals surface area contributed by atoms with E-state index in [2.05, 4.69) is 27.3 Å². The van der Waals surface area contributed by atoms with E-state index in [1.54, 1.807) is 0 Å². The second kappa shape index (κ2) is 6.74. The lowest BCUT2D eigenvalue weighted by Gasteiger charge is -2.12. The lowest BCUT2D eigenvalue weighted by atomic mass is 9.97. The van der Waals surface area contributed by atoms with Crippen molar-refractivity contribution in [1.82, 2.24) is 5.32 Å². The zero-order valence-corrected chi connectivity index (χ0v) is 12.0. The minimum atomic E-state index is 0.131. The van der Waals surface area contributed by atoms with Gasteiger partial charge in [-0.3, -0.25) is 4.79 Å². The molecule has 2 nitrogen and oxygen atoms in total. The Hall–Kier alpha value is -1.09. The smallest absolute Gasteiger partial charge is 0.224 e. The highest BCUT2D eigenvalue weighted by Gasteiger charge is 2.08. The standard InChI is InChI=1S/C15H18BrNO/c16-14-8-6-13(7-9-14)11-17-15(18)10-12-4-2-1-3-5-12/h4,6-9H,1-3,5,10-11H2,(H,17,18). The lowest BCUT2D eigenvalue weighted by molar-refractivity contribution is -0.120. The van der Waals surface area contributed by atoms with Crippen LogP contribution in [0.4, 0.5) is 0 Å². The van der Waals surface area contributed by atoms with Crippen LogP contribution in [0.1, 0.15) is 37.7 Å². The van der Waals surface area contributed by atoms with Crippen LogP contribution in [0.25, 0.3) is 0 Å². The van der Waals surface area contributed by atoms with E-state index in [9.17, 15) is 4.79 Å². The third-order valence-corrected chi connectivity index (χ3v) is 3.70. The van der Waals surface area contributed by atoms with E-state index in [-0.39, 0.29) is 5.91 Å². The van der Waals surface area contributed by atoms with Gasteiger partial charge in [-0.15, -0.1) is 0 Å². The van der Waals surface area contributed by atoms with E-state index < -0.39 is 0 Å². The van der Waals surface area contributed by atoms with Crippen molar-refractivity contribution in [3.63, 3.8) is 0 Å². The van der Waals surface area contributed by atoms with E-state index in [0.717, 1.165) is 22.9 Å². The van der Waals surface area contributed by atoms with Crippen molar-refractivity contribution in [2.75, 3.05) is 0 Å². The van der Waals surface area contributed by atoms with Crippen LogP contribution >= 0.6 is 15.9 Å². The number of allylic oxidation sites excluding steroid dienone is 1. The SMILES string of the molecule is O=C(CC1=CCCCC1)NCc1ccc(Br)cc1. The number of hydrogen-bond donors (Lipinski definition) is 1. The van der Waals surface area contributed by atoms with Crippen LogP contribution < -0.4 is 5.32 Å². The molecule has 0 bridgehead atoms. The molecular weight excluding hydrogens is 290 g/mol. The predicted octanol–water partition coefficient (Wildman–Crippen LogP) is 3.96. The molecule has 0 aromatic heterocycles. The predicted molar refractivity (Wildman–Crippen MR) is 77.2 cm³/mol. The van der Waals surface area contributed by atoms with Crippen LogP contribution in [-0.2, 0) is 11.3 Å². The van der Waals surface area contributed by atoms with Gasteiger partial charge < -0.3 is 5.32 Å². The number of carbonyl (C=O) groups is 1. The van der Waals surface area contributed by atoms with Crippen LogP contribution in [0.5, 0.6) is 0 Å². The average molecular weight is 308 g/mol. The van der Waals surface area contributed by atoms with Gasteiger partial charge in [0.15, 0.2) is 0 Å². The Balaban J connectivity index is 1.77. The summed E-state index contributed by atoms with van der Waals surface area (Å²) in [5.41, 5.74) is 2.43. The number of benzene rings is 1. The summed E-state index contributed by atoms with van der Waals surface area (Å²) in [6.45, 7) is 0.611. The number of halogens is 1. The molecule has 0 radical (unpaired) electrons. The van der Waals surface area contributed by atoms with Gasteiger partial charge in [0.1, 0.15) is 0 Å². The minimum absolute atomic E-state index is 0.131. The van der Waals surface area contributed by atoms with Crippen molar-refractivity contribution >= 4 is 21.8 Å². The normalized spacial score (nSPS) is 15.1. The van der Waals surface area contributed by atoms with Gasteiger partial charge in [0.05, 0.1) is 0 Å². The molecule has 96 valence electrons. The molecule has 3 heteroatoms. The topological polar surface area (TPSA) is 29.1 Å². The summed E-state index contributed by atoms with van der Waals surface area (Å²) >= 11 is 3.40. The minimum Gasteiger partial charge on any atom is -0.352 e. The molecule has 0 unspecified atom stereocenters. The zero-order valence-electron chi connectivity index (χ0n) is 10.4. The fraction of sp³-hybridized carbons (Fsp3) is 0.400. The van der Waals surface area contributed by atoms with Crippen LogP contribution in [-0.4, -0.2) is 5.91 Å². The molecule has 0 spiro atoms. The maximum atomic E-state index is 11.8. The maximum absolute atomic E-state index is 11.8. The van der Waals surface area contributed by atoms with Crippen LogP contribution in [0, 0.1) is 0 Å². The van der Waals surface area contributed by atoms with Gasteiger partial charge in [0.2, 0.25) is 5.91 Å². The largest absolute Gasteiger partial charge is 0.352 e. The van der Waals surface area contributed by atoms with Crippen molar-refractivity contribution in [1.29, 1.82) is 0 Å². The van der Waals surface area contributed by atoms with Gasteiger partial charge >= 0.3 is 0 Å². The van der Waals surface area contributed by atoms with Crippen molar-refractivity contribution in [3.8, 4) is 0 Å². The second-order valence-corrected chi connectivity index (χ2v) is 5.60. The first-order valence-corrected chi connectivity index (χ1v) is 7.22. The third-order valence-electron chi connectivity index (χ3n) is 3.18. The Labute approximate surface area is 117 Å². The Kier molecular flexibility index (Phi) is 5.00. The summed E-state index contributed by atoms with van der Waals surface area (Å²) < 4.78 is 1.06. The number of nitrogens with one attached hydrogen (secondary N) is 1. The Morgan fingerprint density at radius 1 is 1.22 bits per heavy atom. The molecule has 1 aliphatic carbocycles. The Bertz CT molecular complexity index is 436. The van der Waals surface area contributed by atoms with Gasteiger partial charge in [-0.1, -0.05) is 39.7 Å². The summed E-state index contributed by atoms with van der Waals surface area (Å²) in [5, 5.41) is 2.97. The molecule has 0 atom stereocenters. The summed E-state index contributed by atoms with van der Waals surface area (Å²) in [4.78, 5) is 11.8. The van der Waals surface area contributed by atoms with Gasteiger partial charge in [-0.05, 0) is 43.4 Å². The highest BCUT2D eigenvalue weighted by Crippen LogP contribution is 2.19. The first kappa shape index (κ1) is 13.3. The van der Waals surface area contributed by atoms with Gasteiger partial charge in [-0.25, -0.2) is 0 Å². The second-order valence-electron chi connectivity index (χ2n) is 4.69. The number of rotatable bonds is 4. The molecule has 1 aliphatic rings. The Morgan fingerprint density at radius 3 is 2.67 bits per heavy atom. The third kappa shape index (κ3) is 4.30. The van der Waals surface area contributed by atoms with Crippen molar-refractivity contribution in [3.05, 3.63) is 46.0 Å². The maximum Gasteiger partial charge on any atom is 0.224 e. The number of hydrogen-bond acceptors (Lipinski definition) is 1. The van der Waals surface area contributed by atoms with Gasteiger partial charge in [0.25, 0.3) is 0 Å². The fourth-order valence-electron chi connectivity index (χ4n) is 2.14. The lowest BCUT2D eigenvalue weighted by Crippen LogP contribution is -2.23. The van der Waals surface area contributed by atoms with E-state index in [1.807, 2.05) is 24.3 Å². The zero-order chi connectivity index (χ0) is 12.8. The molecule has 18 heavy (non-hydrogen) atoms. The summed E-state index contributed by atoms with van der Waals surface area (Å²) in [6, 6.07) is 8.02. The van der Waals surface area contributed by atoms with E-state index in [0.29, 0.717) is 13.0 Å². The number of carbonyl (C=O) groups excluding carboxylic acids is 1. The molecule has 1 N–H and O–H groups in total. The van der Waals surface area contributed by atoms with E-state index >= 15 is 0 Å². The molecule has 1 aromatic carbocycles. The van der Waals surface area contributed by atoms with Crippen LogP contribution in [0.15, 0.2) is 40.4 Å². The van der Waals surface area contributed by atoms with Crippen molar-refractivity contribution < 1.29 is 4.79 Å². The average Bonchev–Trinajstić information content (AvgIpc) is 2.39. The first-order valence-electron chi connectivity index (χ1n) is 6.43. The Morgan fingerprint density at radius 2 is 2.00 bits per heavy atom. The highest BCUT2D eigenvalue weighted by atomic mass is 79.9. The fourth-order valence-corrected chi connectivity index (χ4v) is 2.40. The van der Waals surface area contributed by atoms with E-state index in [4.69, 9.17) is 0 Å². The number of amides is 1. The molecule has 0 saturated carbocycles. The molecule has 0 saturated heterocycles. The molecule has 0 aliphatic heterocycles. The molecule has 0 fully saturated rings. The van der Waals surface area contributed by atoms with Crippen LogP contribution in [0.3, 0.4) is 0 Å². The van der Waals surface area contributed by atoms with Crippen molar-refractivity contribution in [2.45, 2.75) is 38.6 Å². The molecule has 0 heterocycles. The summed E-state index contributed by atoms with van der Waals surface area (Å²) in [7, 11) is 0. The van der Waals surface area contributed by atoms with Gasteiger partial charge in [-0.2, -0.15) is 0 Å². The van der Waals surface area contributed by atoms with Crippen LogP contribution in [0.2, 0.25) is 0 Å². The highest BCUT2D eigenvalue weighted by molar-refractivity contribution is 9.10. The quantitative estimate of drug-likeness (QED) is 0.838. The molecule has 1 amide bonds. The molecule has 2 rings (SSSR count).